The molecule has 5 fully saturated rings. The molecule has 6 aliphatic rings. The highest BCUT2D eigenvalue weighted by Crippen LogP contribution is 2.73. The number of hydrogen-bond donors (Lipinski definition) is 1. The van der Waals surface area contributed by atoms with Crippen LogP contribution in [0.5, 0.6) is 17.2 Å². The highest BCUT2D eigenvalue weighted by Gasteiger charge is 2.83. The standard InChI is InChI=1S/C31H34N2O7/c1-6-16-15-32-21-13-19(16)31(29(36)40-5)24(32)14-30(28(31)35)18-9-7-8-10-20(18)33(26(21)30)27(34)17-11-22(37-2)25(39-4)23(12-17)38-3/h6-12,19,21,24,26,28,35H,13-15H2,1-5H3/b16-6+/t19-,21-,24-,26+,28-,30+,31?/m0/s1. The highest BCUT2D eigenvalue weighted by molar-refractivity contribution is 6.09. The van der Waals surface area contributed by atoms with Crippen LogP contribution in [0.3, 0.4) is 0 Å². The first-order valence-electron chi connectivity index (χ1n) is 13.7. The number of esters is 1. The predicted molar refractivity (Wildman–Crippen MR) is 146 cm³/mol. The number of amides is 1. The summed E-state index contributed by atoms with van der Waals surface area (Å²) < 4.78 is 22.1. The Balaban J connectivity index is 1.45. The van der Waals surface area contributed by atoms with E-state index in [1.165, 1.54) is 28.4 Å². The van der Waals surface area contributed by atoms with Gasteiger partial charge in [-0.05, 0) is 43.5 Å². The maximum Gasteiger partial charge on any atom is 0.316 e. The average molecular weight is 547 g/mol. The van der Waals surface area contributed by atoms with Crippen LogP contribution in [-0.4, -0.2) is 81.1 Å². The average Bonchev–Trinajstić information content (AvgIpc) is 3.42. The Kier molecular flexibility index (Phi) is 5.38. The highest BCUT2D eigenvalue weighted by atomic mass is 16.5. The van der Waals surface area contributed by atoms with Crippen molar-refractivity contribution in [2.75, 3.05) is 39.9 Å². The maximum absolute atomic E-state index is 14.6. The molecule has 2 aromatic rings. The van der Waals surface area contributed by atoms with Crippen molar-refractivity contribution in [3.05, 3.63) is 59.2 Å². The van der Waals surface area contributed by atoms with Crippen molar-refractivity contribution in [1.82, 2.24) is 4.90 Å². The van der Waals surface area contributed by atoms with Gasteiger partial charge in [-0.2, -0.15) is 0 Å². The summed E-state index contributed by atoms with van der Waals surface area (Å²) in [6.07, 6.45) is 2.31. The largest absolute Gasteiger partial charge is 0.493 e. The van der Waals surface area contributed by atoms with Crippen molar-refractivity contribution < 1.29 is 33.6 Å². The Labute approximate surface area is 233 Å². The Bertz CT molecular complexity index is 1450. The second-order valence-corrected chi connectivity index (χ2v) is 11.5. The summed E-state index contributed by atoms with van der Waals surface area (Å²) in [7, 11) is 5.98. The van der Waals surface area contributed by atoms with Crippen LogP contribution in [0.2, 0.25) is 0 Å². The molecule has 5 bridgehead atoms. The minimum Gasteiger partial charge on any atom is -0.493 e. The number of aliphatic hydroxyl groups is 1. The molecule has 1 amide bonds. The zero-order valence-electron chi connectivity index (χ0n) is 23.3. The molecule has 0 radical (unpaired) electrons. The van der Waals surface area contributed by atoms with E-state index in [1.54, 1.807) is 12.1 Å². The molecule has 1 saturated carbocycles. The van der Waals surface area contributed by atoms with Crippen LogP contribution < -0.4 is 19.1 Å². The minimum absolute atomic E-state index is 0.0271. The SMILES string of the molecule is C/C=C1\CN2[C@H]3C[C@@]45c6ccccc6N(C(=O)c6cc(OC)c(OC)c(OC)c6)[C@@H]4[C@@H]2C[C@@H]1C3(C(=O)OC)[C@H]5O. The summed E-state index contributed by atoms with van der Waals surface area (Å²) in [4.78, 5) is 32.6. The van der Waals surface area contributed by atoms with Gasteiger partial charge in [0.2, 0.25) is 5.75 Å². The number of aliphatic hydroxyl groups excluding tert-OH is 1. The second-order valence-electron chi connectivity index (χ2n) is 11.5. The molecule has 5 aliphatic heterocycles. The van der Waals surface area contributed by atoms with E-state index in [1.807, 2.05) is 36.1 Å². The van der Waals surface area contributed by atoms with Crippen LogP contribution in [0.25, 0.3) is 0 Å². The van der Waals surface area contributed by atoms with E-state index in [0.29, 0.717) is 35.7 Å². The number of hydrogen-bond acceptors (Lipinski definition) is 8. The van der Waals surface area contributed by atoms with Gasteiger partial charge in [-0.3, -0.25) is 14.5 Å². The first kappa shape index (κ1) is 25.4. The van der Waals surface area contributed by atoms with Gasteiger partial charge in [0.25, 0.3) is 5.91 Å². The third-order valence-electron chi connectivity index (χ3n) is 10.6. The number of piperidine rings is 4. The van der Waals surface area contributed by atoms with Crippen LogP contribution >= 0.6 is 0 Å². The fourth-order valence-corrected chi connectivity index (χ4v) is 9.25. The molecule has 1 spiro atoms. The van der Waals surface area contributed by atoms with Gasteiger partial charge in [0.05, 0.1) is 40.6 Å². The second kappa shape index (κ2) is 8.47. The van der Waals surface area contributed by atoms with Gasteiger partial charge in [0.15, 0.2) is 11.5 Å². The molecule has 2 aromatic carbocycles. The number of methoxy groups -OCH3 is 4. The molecule has 4 saturated heterocycles. The van der Waals surface area contributed by atoms with Crippen molar-refractivity contribution in [1.29, 1.82) is 0 Å². The van der Waals surface area contributed by atoms with Gasteiger partial charge in [0, 0.05) is 41.2 Å². The molecule has 40 heavy (non-hydrogen) atoms. The number of ether oxygens (including phenoxy) is 4. The van der Waals surface area contributed by atoms with Gasteiger partial charge in [0.1, 0.15) is 5.41 Å². The van der Waals surface area contributed by atoms with Crippen LogP contribution in [0.4, 0.5) is 5.69 Å². The zero-order chi connectivity index (χ0) is 28.1. The maximum atomic E-state index is 14.6. The van der Waals surface area contributed by atoms with E-state index < -0.39 is 16.9 Å². The molecule has 8 atom stereocenters. The number of anilines is 1. The van der Waals surface area contributed by atoms with E-state index in [0.717, 1.165) is 23.4 Å². The molecular weight excluding hydrogens is 512 g/mol. The van der Waals surface area contributed by atoms with Gasteiger partial charge in [-0.15, -0.1) is 0 Å². The summed E-state index contributed by atoms with van der Waals surface area (Å²) in [6, 6.07) is 10.6. The first-order chi connectivity index (χ1) is 19.3. The van der Waals surface area contributed by atoms with Gasteiger partial charge < -0.3 is 29.0 Å². The van der Waals surface area contributed by atoms with Crippen LogP contribution in [-0.2, 0) is 14.9 Å². The number of rotatable bonds is 5. The normalized spacial score (nSPS) is 36.9. The van der Waals surface area contributed by atoms with Crippen LogP contribution in [0.15, 0.2) is 48.0 Å². The molecule has 8 rings (SSSR count). The first-order valence-corrected chi connectivity index (χ1v) is 13.7. The lowest BCUT2D eigenvalue weighted by atomic mass is 9.58. The molecule has 2 unspecified atom stereocenters. The summed E-state index contributed by atoms with van der Waals surface area (Å²) in [5, 5.41) is 12.5. The van der Waals surface area contributed by atoms with E-state index in [-0.39, 0.29) is 35.9 Å². The fraction of sp³-hybridized carbons (Fsp3) is 0.484. The third-order valence-corrected chi connectivity index (χ3v) is 10.6. The van der Waals surface area contributed by atoms with E-state index in [2.05, 4.69) is 11.0 Å². The van der Waals surface area contributed by atoms with Gasteiger partial charge in [-0.25, -0.2) is 0 Å². The summed E-state index contributed by atoms with van der Waals surface area (Å²) in [5.74, 6) is 0.473. The van der Waals surface area contributed by atoms with Crippen LogP contribution in [0, 0.1) is 11.3 Å². The Morgan fingerprint density at radius 1 is 1.05 bits per heavy atom. The lowest BCUT2D eigenvalue weighted by Crippen LogP contribution is -2.72. The molecule has 1 aliphatic carbocycles. The molecule has 0 aromatic heterocycles. The Hall–Kier alpha value is -3.56. The number of carbonyl (C=O) groups excluding carboxylic acids is 2. The Morgan fingerprint density at radius 2 is 1.75 bits per heavy atom. The van der Waals surface area contributed by atoms with E-state index >= 15 is 0 Å². The lowest BCUT2D eigenvalue weighted by molar-refractivity contribution is -0.179. The molecule has 1 N–H and O–H groups in total. The number of fused-ring (bicyclic) bond motifs is 2. The van der Waals surface area contributed by atoms with Crippen molar-refractivity contribution >= 4 is 17.6 Å². The van der Waals surface area contributed by atoms with Gasteiger partial charge >= 0.3 is 5.97 Å². The van der Waals surface area contributed by atoms with Gasteiger partial charge in [-0.1, -0.05) is 29.8 Å². The molecular formula is C31H34N2O7. The predicted octanol–water partition coefficient (Wildman–Crippen LogP) is 2.94. The number of para-hydroxylation sites is 1. The quantitative estimate of drug-likeness (QED) is 0.452. The summed E-state index contributed by atoms with van der Waals surface area (Å²) in [5.41, 5.74) is 1.34. The smallest absolute Gasteiger partial charge is 0.316 e. The van der Waals surface area contributed by atoms with E-state index in [4.69, 9.17) is 18.9 Å². The topological polar surface area (TPSA) is 97.8 Å². The number of allylic oxidation sites excluding steroid dienone is 1. The van der Waals surface area contributed by atoms with E-state index in [9.17, 15) is 14.7 Å². The number of nitrogens with zero attached hydrogens (tertiary/aromatic N) is 2. The molecule has 9 nitrogen and oxygen atoms in total. The Morgan fingerprint density at radius 3 is 2.38 bits per heavy atom. The van der Waals surface area contributed by atoms with Crippen molar-refractivity contribution in [3.8, 4) is 17.2 Å². The zero-order valence-corrected chi connectivity index (χ0v) is 23.3. The lowest BCUT2D eigenvalue weighted by Gasteiger charge is -2.61. The summed E-state index contributed by atoms with van der Waals surface area (Å²) >= 11 is 0. The number of benzene rings is 2. The minimum atomic E-state index is -1.08. The fourth-order valence-electron chi connectivity index (χ4n) is 9.25. The molecule has 5 heterocycles. The van der Waals surface area contributed by atoms with Crippen molar-refractivity contribution in [3.63, 3.8) is 0 Å². The third kappa shape index (κ3) is 2.65. The molecule has 210 valence electrons. The molecule has 9 heteroatoms. The monoisotopic (exact) mass is 546 g/mol. The summed E-state index contributed by atoms with van der Waals surface area (Å²) in [6.45, 7) is 2.72. The number of carbonyl (C=O) groups is 2. The van der Waals surface area contributed by atoms with Crippen LogP contribution in [0.1, 0.15) is 35.7 Å². The van der Waals surface area contributed by atoms with Crippen molar-refractivity contribution in [2.45, 2.75) is 49.4 Å². The van der Waals surface area contributed by atoms with Crippen molar-refractivity contribution in [2.24, 2.45) is 11.3 Å².